The van der Waals surface area contributed by atoms with Crippen molar-refractivity contribution in [1.29, 1.82) is 0 Å². The van der Waals surface area contributed by atoms with Gasteiger partial charge in [0.05, 0.1) is 24.8 Å². The van der Waals surface area contributed by atoms with E-state index in [1.807, 2.05) is 0 Å². The van der Waals surface area contributed by atoms with Crippen LogP contribution in [0, 0.1) is 5.82 Å². The Kier molecular flexibility index (Phi) is 4.81. The summed E-state index contributed by atoms with van der Waals surface area (Å²) in [7, 11) is 4.64. The van der Waals surface area contributed by atoms with E-state index in [2.05, 4.69) is 0 Å². The van der Waals surface area contributed by atoms with Crippen LogP contribution in [-0.2, 0) is 11.8 Å². The Labute approximate surface area is 186 Å². The number of carbonyl (C=O) groups excluding carboxylic acids is 1. The predicted octanol–water partition coefficient (Wildman–Crippen LogP) is 3.53. The molecule has 1 aromatic heterocycles. The molecule has 2 aliphatic rings. The number of amides is 1. The molecule has 5 rings (SSSR count). The number of benzene rings is 2. The van der Waals surface area contributed by atoms with Crippen molar-refractivity contribution in [2.75, 3.05) is 25.9 Å². The molecule has 0 unspecified atom stereocenters. The maximum Gasteiger partial charge on any atom is 0.308 e. The number of methoxy groups -OCH3 is 2. The van der Waals surface area contributed by atoms with Crippen molar-refractivity contribution >= 4 is 28.7 Å². The first-order valence-electron chi connectivity index (χ1n) is 9.77. The maximum atomic E-state index is 13.5. The molecule has 1 amide bonds. The van der Waals surface area contributed by atoms with Crippen molar-refractivity contribution in [1.82, 2.24) is 4.57 Å². The minimum Gasteiger partial charge on any atom is -0.493 e. The average molecular weight is 458 g/mol. The molecule has 10 heteroatoms. The van der Waals surface area contributed by atoms with Crippen molar-refractivity contribution in [2.45, 2.75) is 12.3 Å². The number of carbonyl (C=O) groups is 1. The number of rotatable bonds is 4. The lowest BCUT2D eigenvalue weighted by molar-refractivity contribution is -0.118. The van der Waals surface area contributed by atoms with Gasteiger partial charge < -0.3 is 18.9 Å². The van der Waals surface area contributed by atoms with Gasteiger partial charge in [0, 0.05) is 24.9 Å². The molecule has 3 aromatic rings. The van der Waals surface area contributed by atoms with Gasteiger partial charge in [0.15, 0.2) is 11.5 Å². The lowest BCUT2D eigenvalue weighted by Crippen LogP contribution is -2.34. The van der Waals surface area contributed by atoms with Crippen LogP contribution >= 0.6 is 11.3 Å². The van der Waals surface area contributed by atoms with Crippen LogP contribution in [0.25, 0.3) is 0 Å². The quantitative estimate of drug-likeness (QED) is 0.595. The zero-order chi connectivity index (χ0) is 22.6. The van der Waals surface area contributed by atoms with Crippen LogP contribution in [-0.4, -0.2) is 31.5 Å². The van der Waals surface area contributed by atoms with Gasteiger partial charge >= 0.3 is 4.87 Å². The Morgan fingerprint density at radius 2 is 1.81 bits per heavy atom. The number of aromatic nitrogens is 1. The monoisotopic (exact) mass is 458 g/mol. The number of nitrogens with zero attached hydrogens (tertiary/aromatic N) is 2. The highest BCUT2D eigenvalue weighted by Gasteiger charge is 2.40. The highest BCUT2D eigenvalue weighted by atomic mass is 32.1. The second-order valence-corrected chi connectivity index (χ2v) is 8.34. The minimum absolute atomic E-state index is 0.0252. The Morgan fingerprint density at radius 1 is 1.09 bits per heavy atom. The zero-order valence-corrected chi connectivity index (χ0v) is 18.3. The van der Waals surface area contributed by atoms with Crippen LogP contribution in [0.3, 0.4) is 0 Å². The number of fused-ring (bicyclic) bond motifs is 2. The Morgan fingerprint density at radius 3 is 2.50 bits per heavy atom. The SMILES string of the molecule is COc1cc([C@@H]2CC(=O)N(c3ccc(F)cc3)c3c2sc(=O)n3C)c(OC)c2c1OCO2. The predicted molar refractivity (Wildman–Crippen MR) is 115 cm³/mol. The van der Waals surface area contributed by atoms with Crippen LogP contribution in [0.15, 0.2) is 35.1 Å². The Bertz CT molecular complexity index is 1280. The number of anilines is 2. The summed E-state index contributed by atoms with van der Waals surface area (Å²) in [6.07, 6.45) is 0.0729. The van der Waals surface area contributed by atoms with E-state index in [1.165, 1.54) is 48.0 Å². The van der Waals surface area contributed by atoms with E-state index < -0.39 is 11.7 Å². The zero-order valence-electron chi connectivity index (χ0n) is 17.5. The second kappa shape index (κ2) is 7.56. The first-order valence-corrected chi connectivity index (χ1v) is 10.6. The number of thiazole rings is 1. The summed E-state index contributed by atoms with van der Waals surface area (Å²) in [5.74, 6) is 1.06. The van der Waals surface area contributed by atoms with E-state index in [1.54, 1.807) is 13.1 Å². The van der Waals surface area contributed by atoms with E-state index >= 15 is 0 Å². The van der Waals surface area contributed by atoms with Crippen molar-refractivity contribution < 1.29 is 28.1 Å². The Balaban J connectivity index is 1.72. The number of ether oxygens (including phenoxy) is 4. The average Bonchev–Trinajstić information content (AvgIpc) is 3.39. The van der Waals surface area contributed by atoms with Gasteiger partial charge in [-0.25, -0.2) is 4.39 Å². The standard InChI is InChI=1S/C22H19FN2O6S/c1-24-21-20(32-22(24)27)14(9-16(26)25(21)12-6-4-11(23)5-7-12)13-8-15(28-2)18-19(17(13)29-3)31-10-30-18/h4-8,14H,9-10H2,1-3H3/t14-/m0/s1. The van der Waals surface area contributed by atoms with Crippen molar-refractivity contribution in [3.05, 3.63) is 56.3 Å². The summed E-state index contributed by atoms with van der Waals surface area (Å²) in [5.41, 5.74) is 1.14. The van der Waals surface area contributed by atoms with Crippen LogP contribution in [0.5, 0.6) is 23.0 Å². The van der Waals surface area contributed by atoms with E-state index in [-0.39, 0.29) is 24.0 Å². The molecule has 2 aromatic carbocycles. The molecule has 1 atom stereocenters. The molecular formula is C22H19FN2O6S. The van der Waals surface area contributed by atoms with Crippen molar-refractivity contribution in [2.24, 2.45) is 7.05 Å². The smallest absolute Gasteiger partial charge is 0.308 e. The summed E-state index contributed by atoms with van der Waals surface area (Å²) in [4.78, 5) is 28.0. The molecule has 0 saturated carbocycles. The number of hydrogen-bond donors (Lipinski definition) is 0. The van der Waals surface area contributed by atoms with Crippen LogP contribution in [0.2, 0.25) is 0 Å². The molecule has 0 bridgehead atoms. The summed E-state index contributed by atoms with van der Waals surface area (Å²) in [6, 6.07) is 7.36. The molecule has 0 aliphatic carbocycles. The molecule has 0 saturated heterocycles. The first kappa shape index (κ1) is 20.4. The van der Waals surface area contributed by atoms with Crippen LogP contribution in [0.1, 0.15) is 22.8 Å². The maximum absolute atomic E-state index is 13.5. The fourth-order valence-corrected chi connectivity index (χ4v) is 5.27. The third-order valence-corrected chi connectivity index (χ3v) is 6.78. The third-order valence-electron chi connectivity index (χ3n) is 5.64. The first-order chi connectivity index (χ1) is 15.4. The molecule has 0 N–H and O–H groups in total. The molecule has 0 fully saturated rings. The third kappa shape index (κ3) is 2.94. The molecule has 32 heavy (non-hydrogen) atoms. The lowest BCUT2D eigenvalue weighted by atomic mass is 9.89. The largest absolute Gasteiger partial charge is 0.493 e. The van der Waals surface area contributed by atoms with E-state index in [4.69, 9.17) is 18.9 Å². The van der Waals surface area contributed by atoms with Crippen LogP contribution in [0.4, 0.5) is 15.9 Å². The molecule has 2 aliphatic heterocycles. The van der Waals surface area contributed by atoms with Gasteiger partial charge in [0.1, 0.15) is 11.6 Å². The van der Waals surface area contributed by atoms with E-state index in [9.17, 15) is 14.0 Å². The molecule has 0 radical (unpaired) electrons. The number of halogens is 1. The normalized spacial score (nSPS) is 16.8. The number of hydrogen-bond acceptors (Lipinski definition) is 7. The molecular weight excluding hydrogens is 439 g/mol. The second-order valence-electron chi connectivity index (χ2n) is 7.34. The van der Waals surface area contributed by atoms with Gasteiger partial charge in [-0.15, -0.1) is 0 Å². The molecule has 0 spiro atoms. The highest BCUT2D eigenvalue weighted by Crippen LogP contribution is 2.55. The van der Waals surface area contributed by atoms with Gasteiger partial charge in [-0.1, -0.05) is 11.3 Å². The molecule has 3 heterocycles. The fourth-order valence-electron chi connectivity index (χ4n) is 4.19. The van der Waals surface area contributed by atoms with Gasteiger partial charge in [0.25, 0.3) is 0 Å². The van der Waals surface area contributed by atoms with Crippen LogP contribution < -0.4 is 28.7 Å². The molecule has 166 valence electrons. The summed E-state index contributed by atoms with van der Waals surface area (Å²) in [5, 5.41) is 0. The molecule has 8 nitrogen and oxygen atoms in total. The minimum atomic E-state index is -0.466. The van der Waals surface area contributed by atoms with E-state index in [0.29, 0.717) is 44.9 Å². The van der Waals surface area contributed by atoms with Gasteiger partial charge in [-0.05, 0) is 30.3 Å². The summed E-state index contributed by atoms with van der Waals surface area (Å²) in [6.45, 7) is 0.0252. The van der Waals surface area contributed by atoms with Gasteiger partial charge in [-0.2, -0.15) is 0 Å². The van der Waals surface area contributed by atoms with Crippen molar-refractivity contribution in [3.8, 4) is 23.0 Å². The van der Waals surface area contributed by atoms with Crippen molar-refractivity contribution in [3.63, 3.8) is 0 Å². The van der Waals surface area contributed by atoms with E-state index in [0.717, 1.165) is 11.3 Å². The summed E-state index contributed by atoms with van der Waals surface area (Å²) < 4.78 is 37.2. The van der Waals surface area contributed by atoms with Gasteiger partial charge in [0.2, 0.25) is 24.2 Å². The lowest BCUT2D eigenvalue weighted by Gasteiger charge is -2.32. The topological polar surface area (TPSA) is 79.2 Å². The summed E-state index contributed by atoms with van der Waals surface area (Å²) >= 11 is 1.06. The van der Waals surface area contributed by atoms with Gasteiger partial charge in [-0.3, -0.25) is 19.1 Å². The fraction of sp³-hybridized carbons (Fsp3) is 0.273. The highest BCUT2D eigenvalue weighted by molar-refractivity contribution is 7.10. The Hall–Kier alpha value is -3.53.